The van der Waals surface area contributed by atoms with Gasteiger partial charge in [0.05, 0.1) is 11.4 Å². The number of benzene rings is 1. The van der Waals surface area contributed by atoms with Crippen LogP contribution in [-0.4, -0.2) is 4.98 Å². The van der Waals surface area contributed by atoms with Crippen molar-refractivity contribution in [2.45, 2.75) is 20.0 Å². The van der Waals surface area contributed by atoms with Crippen molar-refractivity contribution in [3.8, 4) is 5.75 Å². The van der Waals surface area contributed by atoms with Crippen LogP contribution in [-0.2, 0) is 0 Å². The number of pyridine rings is 1. The summed E-state index contributed by atoms with van der Waals surface area (Å²) in [5.41, 5.74) is 8.58. The molecule has 0 spiro atoms. The number of nitrogens with zero attached hydrogens (tertiary/aromatic N) is 1. The topological polar surface area (TPSA) is 48.1 Å². The number of aromatic nitrogens is 1. The van der Waals surface area contributed by atoms with Gasteiger partial charge in [0.25, 0.3) is 0 Å². The van der Waals surface area contributed by atoms with Crippen molar-refractivity contribution in [1.82, 2.24) is 4.98 Å². The monoisotopic (exact) mass is 228 g/mol. The molecule has 88 valence electrons. The van der Waals surface area contributed by atoms with Crippen LogP contribution in [0.3, 0.4) is 0 Å². The zero-order valence-corrected chi connectivity index (χ0v) is 10.1. The Kier molecular flexibility index (Phi) is 3.28. The van der Waals surface area contributed by atoms with Crippen LogP contribution in [0.1, 0.15) is 24.3 Å². The van der Waals surface area contributed by atoms with Gasteiger partial charge in [0.2, 0.25) is 0 Å². The molecule has 1 unspecified atom stereocenters. The maximum atomic E-state index is 5.90. The number of hydrogen-bond acceptors (Lipinski definition) is 3. The fraction of sp³-hybridized carbons (Fsp3) is 0.214. The first kappa shape index (κ1) is 11.5. The molecule has 1 aromatic carbocycles. The molecule has 2 aromatic rings. The smallest absolute Gasteiger partial charge is 0.143 e. The minimum atomic E-state index is -0.110. The van der Waals surface area contributed by atoms with Gasteiger partial charge in [-0.05, 0) is 43.7 Å². The molecule has 0 amide bonds. The highest BCUT2D eigenvalue weighted by molar-refractivity contribution is 5.54. The van der Waals surface area contributed by atoms with E-state index >= 15 is 0 Å². The maximum absolute atomic E-state index is 5.90. The van der Waals surface area contributed by atoms with Crippen LogP contribution in [0.5, 0.6) is 5.75 Å². The van der Waals surface area contributed by atoms with E-state index in [1.54, 1.807) is 6.20 Å². The van der Waals surface area contributed by atoms with Crippen molar-refractivity contribution in [2.75, 3.05) is 5.73 Å². The van der Waals surface area contributed by atoms with Crippen molar-refractivity contribution in [1.29, 1.82) is 0 Å². The van der Waals surface area contributed by atoms with Crippen molar-refractivity contribution in [3.05, 3.63) is 53.9 Å². The number of ether oxygens (including phenoxy) is 1. The van der Waals surface area contributed by atoms with Gasteiger partial charge in [0, 0.05) is 6.20 Å². The Hall–Kier alpha value is -2.03. The summed E-state index contributed by atoms with van der Waals surface area (Å²) in [6.45, 7) is 3.96. The third kappa shape index (κ3) is 2.75. The fourth-order valence-corrected chi connectivity index (χ4v) is 1.64. The molecular weight excluding hydrogens is 212 g/mol. The lowest BCUT2D eigenvalue weighted by Crippen LogP contribution is -2.06. The Morgan fingerprint density at radius 1 is 1.24 bits per heavy atom. The summed E-state index contributed by atoms with van der Waals surface area (Å²) in [7, 11) is 0. The molecule has 0 radical (unpaired) electrons. The van der Waals surface area contributed by atoms with E-state index in [0.29, 0.717) is 11.4 Å². The fourth-order valence-electron chi connectivity index (χ4n) is 1.64. The maximum Gasteiger partial charge on any atom is 0.143 e. The highest BCUT2D eigenvalue weighted by atomic mass is 16.5. The van der Waals surface area contributed by atoms with Crippen LogP contribution in [0.2, 0.25) is 0 Å². The van der Waals surface area contributed by atoms with Crippen molar-refractivity contribution >= 4 is 5.69 Å². The predicted molar refractivity (Wildman–Crippen MR) is 68.9 cm³/mol. The number of anilines is 1. The lowest BCUT2D eigenvalue weighted by molar-refractivity contribution is 0.223. The van der Waals surface area contributed by atoms with Gasteiger partial charge in [0.1, 0.15) is 11.9 Å². The number of rotatable bonds is 3. The Labute approximate surface area is 101 Å². The van der Waals surface area contributed by atoms with E-state index in [-0.39, 0.29) is 6.10 Å². The zero-order valence-electron chi connectivity index (χ0n) is 10.1. The average molecular weight is 228 g/mol. The van der Waals surface area contributed by atoms with Gasteiger partial charge >= 0.3 is 0 Å². The molecule has 0 saturated carbocycles. The standard InChI is InChI=1S/C14H16N2O/c1-10-6-7-14(12(15)9-10)17-11(2)13-5-3-4-8-16-13/h3-9,11H,15H2,1-2H3. The minimum Gasteiger partial charge on any atom is -0.482 e. The molecule has 3 nitrogen and oxygen atoms in total. The first-order chi connectivity index (χ1) is 8.16. The second-order valence-corrected chi connectivity index (χ2v) is 4.06. The third-order valence-corrected chi connectivity index (χ3v) is 2.57. The SMILES string of the molecule is Cc1ccc(OC(C)c2ccccn2)c(N)c1. The molecule has 17 heavy (non-hydrogen) atoms. The van der Waals surface area contributed by atoms with Crippen molar-refractivity contribution in [2.24, 2.45) is 0 Å². The Morgan fingerprint density at radius 2 is 2.06 bits per heavy atom. The Morgan fingerprint density at radius 3 is 2.71 bits per heavy atom. The number of nitrogens with two attached hydrogens (primary N) is 1. The second-order valence-electron chi connectivity index (χ2n) is 4.06. The summed E-state index contributed by atoms with van der Waals surface area (Å²) >= 11 is 0. The van der Waals surface area contributed by atoms with Gasteiger partial charge in [-0.1, -0.05) is 12.1 Å². The number of nitrogen functional groups attached to an aromatic ring is 1. The highest BCUT2D eigenvalue weighted by Crippen LogP contribution is 2.27. The Bertz CT molecular complexity index is 497. The summed E-state index contributed by atoms with van der Waals surface area (Å²) < 4.78 is 5.80. The molecule has 0 saturated heterocycles. The summed E-state index contributed by atoms with van der Waals surface area (Å²) in [6, 6.07) is 11.5. The zero-order chi connectivity index (χ0) is 12.3. The number of hydrogen-bond donors (Lipinski definition) is 1. The predicted octanol–water partition coefficient (Wildman–Crippen LogP) is 3.11. The van der Waals surface area contributed by atoms with E-state index in [4.69, 9.17) is 10.5 Å². The highest BCUT2D eigenvalue weighted by Gasteiger charge is 2.09. The molecule has 0 bridgehead atoms. The molecule has 0 aliphatic carbocycles. The summed E-state index contributed by atoms with van der Waals surface area (Å²) in [4.78, 5) is 4.26. The molecule has 1 aromatic heterocycles. The van der Waals surface area contributed by atoms with Crippen LogP contribution < -0.4 is 10.5 Å². The molecule has 2 N–H and O–H groups in total. The van der Waals surface area contributed by atoms with Crippen LogP contribution >= 0.6 is 0 Å². The van der Waals surface area contributed by atoms with E-state index < -0.39 is 0 Å². The average Bonchev–Trinajstić information content (AvgIpc) is 2.34. The molecule has 0 fully saturated rings. The molecule has 0 aliphatic heterocycles. The Balaban J connectivity index is 2.16. The normalized spacial score (nSPS) is 12.1. The summed E-state index contributed by atoms with van der Waals surface area (Å²) in [5, 5.41) is 0. The third-order valence-electron chi connectivity index (χ3n) is 2.57. The lowest BCUT2D eigenvalue weighted by atomic mass is 10.2. The lowest BCUT2D eigenvalue weighted by Gasteiger charge is -2.15. The molecule has 2 rings (SSSR count). The summed E-state index contributed by atoms with van der Waals surface area (Å²) in [5.74, 6) is 0.703. The van der Waals surface area contributed by atoms with Gasteiger partial charge in [-0.25, -0.2) is 0 Å². The van der Waals surface area contributed by atoms with Crippen LogP contribution in [0, 0.1) is 6.92 Å². The largest absolute Gasteiger partial charge is 0.482 e. The van der Waals surface area contributed by atoms with Crippen LogP contribution in [0.25, 0.3) is 0 Å². The van der Waals surface area contributed by atoms with Crippen LogP contribution in [0.4, 0.5) is 5.69 Å². The molecular formula is C14H16N2O. The first-order valence-corrected chi connectivity index (χ1v) is 5.60. The van der Waals surface area contributed by atoms with Crippen LogP contribution in [0.15, 0.2) is 42.6 Å². The van der Waals surface area contributed by atoms with E-state index in [1.165, 1.54) is 0 Å². The summed E-state index contributed by atoms with van der Waals surface area (Å²) in [6.07, 6.45) is 1.65. The van der Waals surface area contributed by atoms with E-state index in [0.717, 1.165) is 11.3 Å². The molecule has 0 aliphatic rings. The van der Waals surface area contributed by atoms with E-state index in [1.807, 2.05) is 50.2 Å². The molecule has 1 heterocycles. The quantitative estimate of drug-likeness (QED) is 0.821. The molecule has 1 atom stereocenters. The molecule has 3 heteroatoms. The first-order valence-electron chi connectivity index (χ1n) is 5.60. The van der Waals surface area contributed by atoms with E-state index in [9.17, 15) is 0 Å². The van der Waals surface area contributed by atoms with Gasteiger partial charge in [-0.3, -0.25) is 4.98 Å². The van der Waals surface area contributed by atoms with E-state index in [2.05, 4.69) is 4.98 Å². The van der Waals surface area contributed by atoms with Gasteiger partial charge in [-0.15, -0.1) is 0 Å². The second kappa shape index (κ2) is 4.87. The number of aryl methyl sites for hydroxylation is 1. The van der Waals surface area contributed by atoms with Gasteiger partial charge in [-0.2, -0.15) is 0 Å². The van der Waals surface area contributed by atoms with Gasteiger partial charge in [0.15, 0.2) is 0 Å². The van der Waals surface area contributed by atoms with Crippen molar-refractivity contribution < 1.29 is 4.74 Å². The van der Waals surface area contributed by atoms with Gasteiger partial charge < -0.3 is 10.5 Å². The van der Waals surface area contributed by atoms with Crippen molar-refractivity contribution in [3.63, 3.8) is 0 Å². The minimum absolute atomic E-state index is 0.110.